The van der Waals surface area contributed by atoms with E-state index in [4.69, 9.17) is 4.74 Å². The molecule has 0 heterocycles. The van der Waals surface area contributed by atoms with Gasteiger partial charge in [0.15, 0.2) is 0 Å². The molecule has 0 saturated heterocycles. The molecule has 2 amide bonds. The molecule has 0 fully saturated rings. The van der Waals surface area contributed by atoms with E-state index >= 15 is 0 Å². The van der Waals surface area contributed by atoms with E-state index in [0.29, 0.717) is 19.1 Å². The lowest BCUT2D eigenvalue weighted by molar-refractivity contribution is 0.250. The van der Waals surface area contributed by atoms with E-state index in [2.05, 4.69) is 24.5 Å². The van der Waals surface area contributed by atoms with Crippen molar-refractivity contribution in [3.63, 3.8) is 0 Å². The largest absolute Gasteiger partial charge is 0.489 e. The number of nitrogens with one attached hydrogen (secondary N) is 2. The van der Waals surface area contributed by atoms with Crippen LogP contribution in [0.4, 0.5) is 10.5 Å². The summed E-state index contributed by atoms with van der Waals surface area (Å²) in [5, 5.41) is 5.71. The van der Waals surface area contributed by atoms with Crippen molar-refractivity contribution >= 4 is 11.7 Å². The van der Waals surface area contributed by atoms with Crippen LogP contribution >= 0.6 is 0 Å². The van der Waals surface area contributed by atoms with Crippen molar-refractivity contribution in [3.05, 3.63) is 60.2 Å². The molecule has 0 aromatic heterocycles. The third-order valence-electron chi connectivity index (χ3n) is 3.07. The second kappa shape index (κ2) is 8.08. The highest BCUT2D eigenvalue weighted by molar-refractivity contribution is 5.90. The van der Waals surface area contributed by atoms with E-state index in [1.807, 2.05) is 54.6 Å². The number of amides is 2. The Balaban J connectivity index is 1.96. The normalized spacial score (nSPS) is 10.3. The Kier molecular flexibility index (Phi) is 5.83. The van der Waals surface area contributed by atoms with Crippen LogP contribution in [0.15, 0.2) is 54.6 Å². The van der Waals surface area contributed by atoms with Gasteiger partial charge < -0.3 is 15.4 Å². The second-order valence-corrected chi connectivity index (χ2v) is 5.49. The van der Waals surface area contributed by atoms with Gasteiger partial charge in [-0.2, -0.15) is 0 Å². The Morgan fingerprint density at radius 2 is 1.73 bits per heavy atom. The van der Waals surface area contributed by atoms with Crippen molar-refractivity contribution in [2.75, 3.05) is 11.9 Å². The Morgan fingerprint density at radius 3 is 2.45 bits per heavy atom. The molecule has 0 radical (unpaired) electrons. The molecule has 0 aliphatic rings. The number of urea groups is 1. The first-order valence-corrected chi connectivity index (χ1v) is 7.46. The molecule has 2 aromatic rings. The van der Waals surface area contributed by atoms with Gasteiger partial charge in [0.1, 0.15) is 12.4 Å². The van der Waals surface area contributed by atoms with Gasteiger partial charge in [0.25, 0.3) is 0 Å². The summed E-state index contributed by atoms with van der Waals surface area (Å²) in [7, 11) is 0. The van der Waals surface area contributed by atoms with Crippen molar-refractivity contribution in [1.29, 1.82) is 0 Å². The van der Waals surface area contributed by atoms with Gasteiger partial charge in [0.2, 0.25) is 0 Å². The summed E-state index contributed by atoms with van der Waals surface area (Å²) in [6.45, 7) is 5.17. The van der Waals surface area contributed by atoms with E-state index < -0.39 is 0 Å². The van der Waals surface area contributed by atoms with Crippen LogP contribution < -0.4 is 15.4 Å². The minimum Gasteiger partial charge on any atom is -0.489 e. The maximum Gasteiger partial charge on any atom is 0.319 e. The SMILES string of the molecule is CC(C)CNC(=O)Nc1ccccc1COc1ccccc1. The van der Waals surface area contributed by atoms with Crippen LogP contribution in [0.2, 0.25) is 0 Å². The zero-order chi connectivity index (χ0) is 15.8. The summed E-state index contributed by atoms with van der Waals surface area (Å²) in [6, 6.07) is 17.1. The minimum atomic E-state index is -0.194. The summed E-state index contributed by atoms with van der Waals surface area (Å²) in [4.78, 5) is 11.9. The monoisotopic (exact) mass is 298 g/mol. The Bertz CT molecular complexity index is 597. The average molecular weight is 298 g/mol. The van der Waals surface area contributed by atoms with Gasteiger partial charge in [-0.25, -0.2) is 4.79 Å². The van der Waals surface area contributed by atoms with E-state index in [1.165, 1.54) is 0 Å². The molecule has 0 spiro atoms. The zero-order valence-corrected chi connectivity index (χ0v) is 13.0. The maximum absolute atomic E-state index is 11.9. The molecule has 4 heteroatoms. The van der Waals surface area contributed by atoms with E-state index in [0.717, 1.165) is 17.0 Å². The van der Waals surface area contributed by atoms with Crippen molar-refractivity contribution in [3.8, 4) is 5.75 Å². The molecule has 0 saturated carbocycles. The van der Waals surface area contributed by atoms with E-state index in [1.54, 1.807) is 0 Å². The van der Waals surface area contributed by atoms with E-state index in [-0.39, 0.29) is 6.03 Å². The van der Waals surface area contributed by atoms with Crippen LogP contribution in [0, 0.1) is 5.92 Å². The van der Waals surface area contributed by atoms with Crippen LogP contribution in [-0.2, 0) is 6.61 Å². The first-order valence-electron chi connectivity index (χ1n) is 7.46. The van der Waals surface area contributed by atoms with Crippen molar-refractivity contribution in [2.45, 2.75) is 20.5 Å². The van der Waals surface area contributed by atoms with Crippen LogP contribution in [0.25, 0.3) is 0 Å². The molecule has 0 aliphatic carbocycles. The highest BCUT2D eigenvalue weighted by Gasteiger charge is 2.07. The van der Waals surface area contributed by atoms with Gasteiger partial charge in [-0.3, -0.25) is 0 Å². The van der Waals surface area contributed by atoms with Crippen LogP contribution in [0.1, 0.15) is 19.4 Å². The van der Waals surface area contributed by atoms with Crippen molar-refractivity contribution in [1.82, 2.24) is 5.32 Å². The fourth-order valence-electron chi connectivity index (χ4n) is 1.91. The van der Waals surface area contributed by atoms with Crippen LogP contribution in [0.5, 0.6) is 5.75 Å². The number of rotatable bonds is 6. The summed E-state index contributed by atoms with van der Waals surface area (Å²) < 4.78 is 5.74. The van der Waals surface area contributed by atoms with Gasteiger partial charge in [0, 0.05) is 17.8 Å². The summed E-state index contributed by atoms with van der Waals surface area (Å²) >= 11 is 0. The van der Waals surface area contributed by atoms with Gasteiger partial charge in [-0.15, -0.1) is 0 Å². The molecule has 0 bridgehead atoms. The molecular weight excluding hydrogens is 276 g/mol. The van der Waals surface area contributed by atoms with Crippen molar-refractivity contribution < 1.29 is 9.53 Å². The first kappa shape index (κ1) is 15.9. The lowest BCUT2D eigenvalue weighted by Gasteiger charge is -2.13. The first-order chi connectivity index (χ1) is 10.6. The molecule has 2 aromatic carbocycles. The fraction of sp³-hybridized carbons (Fsp3) is 0.278. The second-order valence-electron chi connectivity index (χ2n) is 5.49. The number of hydrogen-bond acceptors (Lipinski definition) is 2. The Morgan fingerprint density at radius 1 is 1.05 bits per heavy atom. The molecule has 0 aliphatic heterocycles. The van der Waals surface area contributed by atoms with Crippen LogP contribution in [0.3, 0.4) is 0 Å². The number of benzene rings is 2. The third-order valence-corrected chi connectivity index (χ3v) is 3.07. The molecule has 4 nitrogen and oxygen atoms in total. The summed E-state index contributed by atoms with van der Waals surface area (Å²) in [5.74, 6) is 1.23. The van der Waals surface area contributed by atoms with E-state index in [9.17, 15) is 4.79 Å². The Labute approximate surface area is 131 Å². The average Bonchev–Trinajstić information content (AvgIpc) is 2.53. The Hall–Kier alpha value is -2.49. The van der Waals surface area contributed by atoms with Gasteiger partial charge in [-0.1, -0.05) is 50.2 Å². The highest BCUT2D eigenvalue weighted by Crippen LogP contribution is 2.18. The topological polar surface area (TPSA) is 50.4 Å². The molecule has 22 heavy (non-hydrogen) atoms. The molecule has 2 rings (SSSR count). The zero-order valence-electron chi connectivity index (χ0n) is 13.0. The summed E-state index contributed by atoms with van der Waals surface area (Å²) in [5.41, 5.74) is 1.70. The molecule has 0 atom stereocenters. The number of hydrogen-bond donors (Lipinski definition) is 2. The standard InChI is InChI=1S/C18H22N2O2/c1-14(2)12-19-18(21)20-17-11-7-6-8-15(17)13-22-16-9-4-3-5-10-16/h3-11,14H,12-13H2,1-2H3,(H2,19,20,21). The molecule has 2 N–H and O–H groups in total. The van der Waals surface area contributed by atoms with Crippen LogP contribution in [-0.4, -0.2) is 12.6 Å². The lowest BCUT2D eigenvalue weighted by atomic mass is 10.2. The number of ether oxygens (including phenoxy) is 1. The number of carbonyl (C=O) groups is 1. The molecular formula is C18H22N2O2. The predicted molar refractivity (Wildman–Crippen MR) is 89.1 cm³/mol. The number of anilines is 1. The molecule has 0 unspecified atom stereocenters. The van der Waals surface area contributed by atoms with Gasteiger partial charge >= 0.3 is 6.03 Å². The summed E-state index contributed by atoms with van der Waals surface area (Å²) in [6.07, 6.45) is 0. The number of carbonyl (C=O) groups excluding carboxylic acids is 1. The maximum atomic E-state index is 11.9. The minimum absolute atomic E-state index is 0.194. The third kappa shape index (κ3) is 5.13. The quantitative estimate of drug-likeness (QED) is 0.845. The molecule has 116 valence electrons. The number of para-hydroxylation sites is 2. The lowest BCUT2D eigenvalue weighted by Crippen LogP contribution is -2.32. The van der Waals surface area contributed by atoms with Gasteiger partial charge in [0.05, 0.1) is 0 Å². The highest BCUT2D eigenvalue weighted by atomic mass is 16.5. The smallest absolute Gasteiger partial charge is 0.319 e. The van der Waals surface area contributed by atoms with Crippen molar-refractivity contribution in [2.24, 2.45) is 5.92 Å². The van der Waals surface area contributed by atoms with Gasteiger partial charge in [-0.05, 0) is 24.1 Å². The predicted octanol–water partition coefficient (Wildman–Crippen LogP) is 4.04. The fourth-order valence-corrected chi connectivity index (χ4v) is 1.91.